The largest absolute Gasteiger partial charge is 0.388 e. The Kier molecular flexibility index (Phi) is 5.25. The van der Waals surface area contributed by atoms with Crippen LogP contribution in [0.1, 0.15) is 22.8 Å². The Hall–Kier alpha value is -1.98. The van der Waals surface area contributed by atoms with E-state index in [2.05, 4.69) is 0 Å². The number of aliphatic hydroxyl groups is 1. The van der Waals surface area contributed by atoms with E-state index in [1.807, 2.05) is 12.1 Å². The summed E-state index contributed by atoms with van der Waals surface area (Å²) in [6, 6.07) is 16.0. The lowest BCUT2D eigenvalue weighted by molar-refractivity contribution is 0.204. The SMILES string of the molecule is N#Cc1ccc(C(O)CSc2ccc(C#N)cc2Cl)cc1. The van der Waals surface area contributed by atoms with Gasteiger partial charge in [0.25, 0.3) is 0 Å². The Labute approximate surface area is 132 Å². The molecule has 0 heterocycles. The molecule has 0 fully saturated rings. The molecule has 0 spiro atoms. The normalized spacial score (nSPS) is 11.4. The molecule has 0 radical (unpaired) electrons. The van der Waals surface area contributed by atoms with E-state index < -0.39 is 6.10 Å². The average molecular weight is 315 g/mol. The van der Waals surface area contributed by atoms with Gasteiger partial charge in [-0.2, -0.15) is 10.5 Å². The van der Waals surface area contributed by atoms with Crippen LogP contribution in [0.25, 0.3) is 0 Å². The topological polar surface area (TPSA) is 67.8 Å². The van der Waals surface area contributed by atoms with Crippen LogP contribution in [-0.2, 0) is 0 Å². The van der Waals surface area contributed by atoms with Crippen molar-refractivity contribution in [3.8, 4) is 12.1 Å². The lowest BCUT2D eigenvalue weighted by Gasteiger charge is -2.11. The number of rotatable bonds is 4. The fourth-order valence-corrected chi connectivity index (χ4v) is 2.97. The lowest BCUT2D eigenvalue weighted by atomic mass is 10.1. The summed E-state index contributed by atoms with van der Waals surface area (Å²) in [6.45, 7) is 0. The second-order valence-corrected chi connectivity index (χ2v) is 5.79. The van der Waals surface area contributed by atoms with Gasteiger partial charge in [-0.15, -0.1) is 11.8 Å². The number of aliphatic hydroxyl groups excluding tert-OH is 1. The van der Waals surface area contributed by atoms with Gasteiger partial charge >= 0.3 is 0 Å². The highest BCUT2D eigenvalue weighted by Gasteiger charge is 2.10. The van der Waals surface area contributed by atoms with Gasteiger partial charge in [-0.25, -0.2) is 0 Å². The van der Waals surface area contributed by atoms with Gasteiger partial charge in [0, 0.05) is 10.6 Å². The molecule has 104 valence electrons. The summed E-state index contributed by atoms with van der Waals surface area (Å²) in [5.74, 6) is 0.442. The highest BCUT2D eigenvalue weighted by molar-refractivity contribution is 7.99. The molecular weight excluding hydrogens is 304 g/mol. The van der Waals surface area contributed by atoms with Crippen molar-refractivity contribution in [3.05, 3.63) is 64.2 Å². The molecule has 0 bridgehead atoms. The number of hydrogen-bond acceptors (Lipinski definition) is 4. The second kappa shape index (κ2) is 7.15. The van der Waals surface area contributed by atoms with E-state index in [4.69, 9.17) is 22.1 Å². The number of nitrogens with zero attached hydrogens (tertiary/aromatic N) is 2. The second-order valence-electron chi connectivity index (χ2n) is 4.32. The fraction of sp³-hybridized carbons (Fsp3) is 0.125. The van der Waals surface area contributed by atoms with Gasteiger partial charge in [-0.1, -0.05) is 23.7 Å². The summed E-state index contributed by atoms with van der Waals surface area (Å²) in [7, 11) is 0. The first-order valence-corrected chi connectivity index (χ1v) is 7.51. The lowest BCUT2D eigenvalue weighted by Crippen LogP contribution is -2.00. The van der Waals surface area contributed by atoms with Crippen LogP contribution >= 0.6 is 23.4 Å². The number of halogens is 1. The van der Waals surface area contributed by atoms with Crippen LogP contribution < -0.4 is 0 Å². The molecule has 3 nitrogen and oxygen atoms in total. The molecular formula is C16H11ClN2OS. The molecule has 0 aliphatic rings. The van der Waals surface area contributed by atoms with E-state index in [1.54, 1.807) is 42.5 Å². The zero-order valence-corrected chi connectivity index (χ0v) is 12.5. The first-order chi connectivity index (χ1) is 10.1. The molecule has 2 aromatic carbocycles. The quantitative estimate of drug-likeness (QED) is 0.869. The molecule has 1 unspecified atom stereocenters. The van der Waals surface area contributed by atoms with Crippen LogP contribution in [0.15, 0.2) is 47.4 Å². The number of nitriles is 2. The number of hydrogen-bond donors (Lipinski definition) is 1. The van der Waals surface area contributed by atoms with E-state index in [-0.39, 0.29) is 0 Å². The smallest absolute Gasteiger partial charge is 0.0992 e. The Morgan fingerprint density at radius 2 is 1.67 bits per heavy atom. The molecule has 1 N–H and O–H groups in total. The van der Waals surface area contributed by atoms with Gasteiger partial charge in [0.05, 0.1) is 34.4 Å². The molecule has 0 saturated heterocycles. The fourth-order valence-electron chi connectivity index (χ4n) is 1.73. The molecule has 2 rings (SSSR count). The summed E-state index contributed by atoms with van der Waals surface area (Å²) in [4.78, 5) is 0.823. The third-order valence-corrected chi connectivity index (χ3v) is 4.46. The monoisotopic (exact) mass is 314 g/mol. The summed E-state index contributed by atoms with van der Waals surface area (Å²) in [6.07, 6.45) is -0.644. The van der Waals surface area contributed by atoms with Crippen molar-refractivity contribution in [1.29, 1.82) is 10.5 Å². The van der Waals surface area contributed by atoms with E-state index in [9.17, 15) is 5.11 Å². The Balaban J connectivity index is 2.02. The molecule has 0 amide bonds. The van der Waals surface area contributed by atoms with Gasteiger partial charge < -0.3 is 5.11 Å². The van der Waals surface area contributed by atoms with E-state index in [1.165, 1.54) is 11.8 Å². The van der Waals surface area contributed by atoms with Crippen molar-refractivity contribution >= 4 is 23.4 Å². The van der Waals surface area contributed by atoms with E-state index in [0.29, 0.717) is 21.9 Å². The van der Waals surface area contributed by atoms with E-state index in [0.717, 1.165) is 10.5 Å². The van der Waals surface area contributed by atoms with Crippen molar-refractivity contribution in [2.75, 3.05) is 5.75 Å². The zero-order chi connectivity index (χ0) is 15.2. The van der Waals surface area contributed by atoms with Gasteiger partial charge in [0.2, 0.25) is 0 Å². The third kappa shape index (κ3) is 4.00. The van der Waals surface area contributed by atoms with Crippen LogP contribution in [0.4, 0.5) is 0 Å². The van der Waals surface area contributed by atoms with Gasteiger partial charge in [0.1, 0.15) is 0 Å². The Morgan fingerprint density at radius 3 is 2.24 bits per heavy atom. The van der Waals surface area contributed by atoms with Crippen molar-refractivity contribution in [2.24, 2.45) is 0 Å². The number of benzene rings is 2. The summed E-state index contributed by atoms with van der Waals surface area (Å²) in [5.41, 5.74) is 1.83. The highest BCUT2D eigenvalue weighted by atomic mass is 35.5. The van der Waals surface area contributed by atoms with Crippen molar-refractivity contribution < 1.29 is 5.11 Å². The van der Waals surface area contributed by atoms with Crippen LogP contribution in [0.5, 0.6) is 0 Å². The molecule has 1 atom stereocenters. The molecule has 0 aliphatic heterocycles. The molecule has 0 saturated carbocycles. The first-order valence-electron chi connectivity index (χ1n) is 6.14. The minimum atomic E-state index is -0.644. The van der Waals surface area contributed by atoms with Crippen molar-refractivity contribution in [3.63, 3.8) is 0 Å². The van der Waals surface area contributed by atoms with Crippen LogP contribution in [0, 0.1) is 22.7 Å². The minimum Gasteiger partial charge on any atom is -0.388 e. The third-order valence-electron chi connectivity index (χ3n) is 2.88. The highest BCUT2D eigenvalue weighted by Crippen LogP contribution is 2.31. The molecule has 0 aromatic heterocycles. The van der Waals surface area contributed by atoms with Crippen LogP contribution in [-0.4, -0.2) is 10.9 Å². The molecule has 21 heavy (non-hydrogen) atoms. The van der Waals surface area contributed by atoms with Gasteiger partial charge in [-0.05, 0) is 35.9 Å². The Morgan fingerprint density at radius 1 is 1.05 bits per heavy atom. The predicted molar refractivity (Wildman–Crippen MR) is 83.0 cm³/mol. The minimum absolute atomic E-state index is 0.442. The Bertz CT molecular complexity index is 717. The van der Waals surface area contributed by atoms with Crippen LogP contribution in [0.3, 0.4) is 0 Å². The summed E-state index contributed by atoms with van der Waals surface area (Å²) >= 11 is 7.51. The van der Waals surface area contributed by atoms with Gasteiger partial charge in [0.15, 0.2) is 0 Å². The summed E-state index contributed by atoms with van der Waals surface area (Å²) in [5, 5.41) is 28.2. The zero-order valence-electron chi connectivity index (χ0n) is 11.0. The summed E-state index contributed by atoms with van der Waals surface area (Å²) < 4.78 is 0. The van der Waals surface area contributed by atoms with Crippen molar-refractivity contribution in [1.82, 2.24) is 0 Å². The standard InChI is InChI=1S/C16H11ClN2OS/c17-14-7-12(9-19)3-6-16(14)21-10-15(20)13-4-1-11(8-18)2-5-13/h1-7,15,20H,10H2. The maximum Gasteiger partial charge on any atom is 0.0992 e. The maximum atomic E-state index is 10.1. The maximum absolute atomic E-state index is 10.1. The molecule has 5 heteroatoms. The van der Waals surface area contributed by atoms with E-state index >= 15 is 0 Å². The number of thioether (sulfide) groups is 1. The molecule has 2 aromatic rings. The average Bonchev–Trinajstić information content (AvgIpc) is 2.53. The molecule has 0 aliphatic carbocycles. The van der Waals surface area contributed by atoms with Crippen LogP contribution in [0.2, 0.25) is 5.02 Å². The predicted octanol–water partition coefficient (Wildman–Crippen LogP) is 3.91. The van der Waals surface area contributed by atoms with Crippen molar-refractivity contribution in [2.45, 2.75) is 11.0 Å². The van der Waals surface area contributed by atoms with Gasteiger partial charge in [-0.3, -0.25) is 0 Å². The first kappa shape index (κ1) is 15.4.